The lowest BCUT2D eigenvalue weighted by molar-refractivity contribution is 0.0383. The second kappa shape index (κ2) is 7.99. The first-order chi connectivity index (χ1) is 11.3. The van der Waals surface area contributed by atoms with Gasteiger partial charge in [-0.1, -0.05) is 20.8 Å². The van der Waals surface area contributed by atoms with Crippen molar-refractivity contribution >= 4 is 5.91 Å². The van der Waals surface area contributed by atoms with E-state index in [1.807, 2.05) is 19.1 Å². The molecule has 1 saturated heterocycles. The summed E-state index contributed by atoms with van der Waals surface area (Å²) in [6.07, 6.45) is 0. The van der Waals surface area contributed by atoms with Crippen molar-refractivity contribution in [2.75, 3.05) is 46.5 Å². The second-order valence-corrected chi connectivity index (χ2v) is 7.33. The molecule has 0 unspecified atom stereocenters. The molecule has 0 atom stereocenters. The summed E-state index contributed by atoms with van der Waals surface area (Å²) in [6.45, 7) is 13.3. The lowest BCUT2D eigenvalue weighted by Crippen LogP contribution is -2.41. The Balaban J connectivity index is 2.05. The summed E-state index contributed by atoms with van der Waals surface area (Å²) < 4.78 is 10.8. The van der Waals surface area contributed by atoms with Crippen molar-refractivity contribution in [1.82, 2.24) is 10.2 Å². The average molecular weight is 334 g/mol. The summed E-state index contributed by atoms with van der Waals surface area (Å²) in [5, 5.41) is 3.04. The Morgan fingerprint density at radius 3 is 2.54 bits per heavy atom. The number of rotatable bonds is 5. The van der Waals surface area contributed by atoms with Gasteiger partial charge in [-0.25, -0.2) is 0 Å². The van der Waals surface area contributed by atoms with Gasteiger partial charge >= 0.3 is 0 Å². The Hall–Kier alpha value is -1.59. The number of methoxy groups -OCH3 is 1. The van der Waals surface area contributed by atoms with E-state index in [-0.39, 0.29) is 11.3 Å². The molecular formula is C19H30N2O3. The van der Waals surface area contributed by atoms with E-state index >= 15 is 0 Å². The number of nitrogens with zero attached hydrogens (tertiary/aromatic N) is 1. The van der Waals surface area contributed by atoms with Gasteiger partial charge in [0.1, 0.15) is 5.75 Å². The van der Waals surface area contributed by atoms with Gasteiger partial charge in [0.05, 0.1) is 20.3 Å². The summed E-state index contributed by atoms with van der Waals surface area (Å²) in [5.41, 5.74) is 2.63. The Labute approximate surface area is 145 Å². The summed E-state index contributed by atoms with van der Waals surface area (Å²) >= 11 is 0. The molecule has 0 aromatic heterocycles. The van der Waals surface area contributed by atoms with E-state index in [4.69, 9.17) is 9.47 Å². The smallest absolute Gasteiger partial charge is 0.251 e. The Morgan fingerprint density at radius 2 is 1.96 bits per heavy atom. The number of ether oxygens (including phenoxy) is 2. The van der Waals surface area contributed by atoms with Crippen LogP contribution < -0.4 is 10.1 Å². The van der Waals surface area contributed by atoms with Gasteiger partial charge in [-0.15, -0.1) is 0 Å². The fraction of sp³-hybridized carbons (Fsp3) is 0.632. The quantitative estimate of drug-likeness (QED) is 0.898. The number of carbonyl (C=O) groups excluding carboxylic acids is 1. The van der Waals surface area contributed by atoms with Gasteiger partial charge in [0.25, 0.3) is 5.91 Å². The summed E-state index contributed by atoms with van der Waals surface area (Å²) in [5.74, 6) is 0.818. The third-order valence-corrected chi connectivity index (χ3v) is 4.42. The zero-order chi connectivity index (χ0) is 17.7. The number of nitrogens with one attached hydrogen (secondary N) is 1. The lowest BCUT2D eigenvalue weighted by Gasteiger charge is -2.26. The minimum atomic E-state index is -0.0815. The number of hydrogen-bond donors (Lipinski definition) is 1. The van der Waals surface area contributed by atoms with E-state index in [9.17, 15) is 4.79 Å². The molecule has 0 radical (unpaired) electrons. The van der Waals surface area contributed by atoms with Crippen molar-refractivity contribution < 1.29 is 14.3 Å². The van der Waals surface area contributed by atoms with Crippen molar-refractivity contribution in [3.63, 3.8) is 0 Å². The molecule has 5 nitrogen and oxygen atoms in total. The number of carbonyl (C=O) groups is 1. The molecule has 24 heavy (non-hydrogen) atoms. The van der Waals surface area contributed by atoms with Gasteiger partial charge < -0.3 is 14.8 Å². The predicted molar refractivity (Wildman–Crippen MR) is 96.0 cm³/mol. The molecule has 1 aliphatic heterocycles. The maximum atomic E-state index is 12.6. The molecule has 0 aliphatic carbocycles. The van der Waals surface area contributed by atoms with E-state index in [0.717, 1.165) is 55.3 Å². The third-order valence-electron chi connectivity index (χ3n) is 4.42. The highest BCUT2D eigenvalue weighted by molar-refractivity contribution is 5.96. The van der Waals surface area contributed by atoms with E-state index < -0.39 is 0 Å². The van der Waals surface area contributed by atoms with E-state index in [0.29, 0.717) is 6.54 Å². The van der Waals surface area contributed by atoms with Gasteiger partial charge in [0.2, 0.25) is 0 Å². The van der Waals surface area contributed by atoms with E-state index in [1.165, 1.54) is 0 Å². The zero-order valence-corrected chi connectivity index (χ0v) is 15.6. The fourth-order valence-electron chi connectivity index (χ4n) is 2.93. The molecule has 0 bridgehead atoms. The maximum Gasteiger partial charge on any atom is 0.251 e. The number of benzene rings is 1. The monoisotopic (exact) mass is 334 g/mol. The molecule has 1 aliphatic rings. The fourth-order valence-corrected chi connectivity index (χ4v) is 2.93. The third kappa shape index (κ3) is 4.71. The van der Waals surface area contributed by atoms with Gasteiger partial charge in [-0.3, -0.25) is 9.69 Å². The molecule has 2 rings (SSSR count). The van der Waals surface area contributed by atoms with E-state index in [2.05, 4.69) is 31.0 Å². The minimum Gasteiger partial charge on any atom is -0.496 e. The first kappa shape index (κ1) is 18.7. The highest BCUT2D eigenvalue weighted by Gasteiger charge is 2.22. The number of amides is 1. The summed E-state index contributed by atoms with van der Waals surface area (Å²) in [4.78, 5) is 14.9. The standard InChI is InChI=1S/C19H30N2O3/c1-14-12-17(23-5)16(19(2,3)4)13-15(14)18(22)20-6-7-21-8-10-24-11-9-21/h12-13H,6-11H2,1-5H3,(H,20,22). The Kier molecular flexibility index (Phi) is 6.24. The number of hydrogen-bond acceptors (Lipinski definition) is 4. The normalized spacial score (nSPS) is 16.0. The van der Waals surface area contributed by atoms with Crippen LogP contribution in [0.25, 0.3) is 0 Å². The van der Waals surface area contributed by atoms with Crippen LogP contribution in [0.15, 0.2) is 12.1 Å². The van der Waals surface area contributed by atoms with Crippen molar-refractivity contribution in [3.8, 4) is 5.75 Å². The highest BCUT2D eigenvalue weighted by atomic mass is 16.5. The van der Waals surface area contributed by atoms with Crippen molar-refractivity contribution in [1.29, 1.82) is 0 Å². The first-order valence-electron chi connectivity index (χ1n) is 8.60. The van der Waals surface area contributed by atoms with Crippen molar-refractivity contribution in [2.45, 2.75) is 33.1 Å². The van der Waals surface area contributed by atoms with Gasteiger partial charge in [0, 0.05) is 37.3 Å². The van der Waals surface area contributed by atoms with Crippen LogP contribution in [0, 0.1) is 6.92 Å². The number of aryl methyl sites for hydroxylation is 1. The minimum absolute atomic E-state index is 0.0195. The SMILES string of the molecule is COc1cc(C)c(C(=O)NCCN2CCOCC2)cc1C(C)(C)C. The highest BCUT2D eigenvalue weighted by Crippen LogP contribution is 2.33. The average Bonchev–Trinajstić information content (AvgIpc) is 2.54. The van der Waals surface area contributed by atoms with Crippen LogP contribution >= 0.6 is 0 Å². The molecule has 1 aromatic rings. The molecule has 5 heteroatoms. The van der Waals surface area contributed by atoms with Crippen molar-refractivity contribution in [2.24, 2.45) is 0 Å². The molecule has 0 spiro atoms. The lowest BCUT2D eigenvalue weighted by atomic mass is 9.84. The van der Waals surface area contributed by atoms with Crippen LogP contribution in [0.3, 0.4) is 0 Å². The van der Waals surface area contributed by atoms with Crippen LogP contribution in [0.5, 0.6) is 5.75 Å². The van der Waals surface area contributed by atoms with E-state index in [1.54, 1.807) is 7.11 Å². The molecule has 1 amide bonds. The molecular weight excluding hydrogens is 304 g/mol. The van der Waals surface area contributed by atoms with Crippen LogP contribution in [0.2, 0.25) is 0 Å². The molecule has 1 aromatic carbocycles. The van der Waals surface area contributed by atoms with Crippen LogP contribution in [-0.4, -0.2) is 57.3 Å². The summed E-state index contributed by atoms with van der Waals surface area (Å²) in [6, 6.07) is 3.93. The summed E-state index contributed by atoms with van der Waals surface area (Å²) in [7, 11) is 1.67. The van der Waals surface area contributed by atoms with Crippen LogP contribution in [0.4, 0.5) is 0 Å². The van der Waals surface area contributed by atoms with Gasteiger partial charge in [0.15, 0.2) is 0 Å². The second-order valence-electron chi connectivity index (χ2n) is 7.33. The Morgan fingerprint density at radius 1 is 1.29 bits per heavy atom. The molecule has 134 valence electrons. The maximum absolute atomic E-state index is 12.6. The zero-order valence-electron chi connectivity index (χ0n) is 15.6. The predicted octanol–water partition coefficient (Wildman–Crippen LogP) is 2.36. The molecule has 1 fully saturated rings. The largest absolute Gasteiger partial charge is 0.496 e. The topological polar surface area (TPSA) is 50.8 Å². The van der Waals surface area contributed by atoms with Gasteiger partial charge in [-0.2, -0.15) is 0 Å². The van der Waals surface area contributed by atoms with Gasteiger partial charge in [-0.05, 0) is 30.0 Å². The molecule has 1 N–H and O–H groups in total. The van der Waals surface area contributed by atoms with Crippen LogP contribution in [0.1, 0.15) is 42.3 Å². The molecule has 1 heterocycles. The first-order valence-corrected chi connectivity index (χ1v) is 8.60. The van der Waals surface area contributed by atoms with Crippen molar-refractivity contribution in [3.05, 3.63) is 28.8 Å². The Bertz CT molecular complexity index is 573. The molecule has 0 saturated carbocycles. The number of morpholine rings is 1. The van der Waals surface area contributed by atoms with Crippen LogP contribution in [-0.2, 0) is 10.2 Å².